The first kappa shape index (κ1) is 9.08. The summed E-state index contributed by atoms with van der Waals surface area (Å²) in [5.41, 5.74) is 0.618. The van der Waals surface area contributed by atoms with Crippen LogP contribution in [-0.4, -0.2) is 7.85 Å². The minimum absolute atomic E-state index is 0.253. The monoisotopic (exact) mass is 232 g/mol. The van der Waals surface area contributed by atoms with Gasteiger partial charge in [-0.1, -0.05) is 17.9 Å². The van der Waals surface area contributed by atoms with E-state index in [1.54, 1.807) is 0 Å². The molecule has 0 aromatic heterocycles. The normalized spacial score (nSPS) is 10.1. The van der Waals surface area contributed by atoms with E-state index in [-0.39, 0.29) is 12.1 Å². The van der Waals surface area contributed by atoms with Gasteiger partial charge in [-0.05, 0) is 33.6 Å². The third-order valence-corrected chi connectivity index (χ3v) is 2.27. The highest BCUT2D eigenvalue weighted by molar-refractivity contribution is 9.10. The van der Waals surface area contributed by atoms with Gasteiger partial charge in [0.25, 0.3) is 0 Å². The second-order valence-corrected chi connectivity index (χ2v) is 3.32. The first-order valence-corrected chi connectivity index (χ1v) is 4.15. The molecule has 0 aliphatic rings. The van der Waals surface area contributed by atoms with Gasteiger partial charge in [-0.15, -0.1) is 0 Å². The molecule has 0 aliphatic carbocycles. The molecule has 1 aromatic rings. The van der Waals surface area contributed by atoms with E-state index in [9.17, 15) is 4.39 Å². The Bertz CT molecular complexity index is 277. The molecule has 0 unspecified atom stereocenters. The van der Waals surface area contributed by atoms with Crippen LogP contribution in [0.3, 0.4) is 0 Å². The molecule has 0 heterocycles. The van der Waals surface area contributed by atoms with Crippen molar-refractivity contribution in [2.24, 2.45) is 0 Å². The lowest BCUT2D eigenvalue weighted by Gasteiger charge is -2.01. The van der Waals surface area contributed by atoms with Crippen molar-refractivity contribution in [1.29, 1.82) is 0 Å². The average molecular weight is 233 g/mol. The molecule has 0 atom stereocenters. The van der Waals surface area contributed by atoms with Gasteiger partial charge in [0.2, 0.25) is 0 Å². The summed E-state index contributed by atoms with van der Waals surface area (Å²) in [5, 5.41) is 0.487. The summed E-state index contributed by atoms with van der Waals surface area (Å²) in [6.07, 6.45) is 0.253. The second kappa shape index (κ2) is 3.59. The highest BCUT2D eigenvalue weighted by Gasteiger charge is 2.03. The molecule has 0 bridgehead atoms. The molecule has 11 heavy (non-hydrogen) atoms. The van der Waals surface area contributed by atoms with Gasteiger partial charge in [0, 0.05) is 5.02 Å². The van der Waals surface area contributed by atoms with Gasteiger partial charge in [0.1, 0.15) is 5.82 Å². The van der Waals surface area contributed by atoms with E-state index in [0.29, 0.717) is 15.1 Å². The van der Waals surface area contributed by atoms with E-state index >= 15 is 0 Å². The van der Waals surface area contributed by atoms with Crippen molar-refractivity contribution < 1.29 is 4.39 Å². The Morgan fingerprint density at radius 3 is 2.73 bits per heavy atom. The minimum atomic E-state index is -0.338. The molecule has 0 fully saturated rings. The molecule has 0 saturated carbocycles. The third kappa shape index (κ3) is 1.97. The maximum atomic E-state index is 12.8. The van der Waals surface area contributed by atoms with Crippen molar-refractivity contribution in [1.82, 2.24) is 0 Å². The summed E-state index contributed by atoms with van der Waals surface area (Å²) in [6.45, 7) is 0. The summed E-state index contributed by atoms with van der Waals surface area (Å²) in [4.78, 5) is 0. The van der Waals surface area contributed by atoms with Crippen molar-refractivity contribution in [3.63, 3.8) is 0 Å². The lowest BCUT2D eigenvalue weighted by atomic mass is 9.97. The highest BCUT2D eigenvalue weighted by Crippen LogP contribution is 2.24. The van der Waals surface area contributed by atoms with E-state index in [1.165, 1.54) is 12.1 Å². The Morgan fingerprint density at radius 1 is 1.55 bits per heavy atom. The zero-order valence-corrected chi connectivity index (χ0v) is 7.91. The fourth-order valence-electron chi connectivity index (χ4n) is 0.720. The molecule has 0 saturated heterocycles. The molecule has 2 radical (unpaired) electrons. The Kier molecular flexibility index (Phi) is 2.96. The first-order valence-electron chi connectivity index (χ1n) is 2.98. The smallest absolute Gasteiger partial charge is 0.137 e. The Hall–Kier alpha value is -0.0151. The standard InChI is InChI=1S/C7H4BBrClF/c8-3-4-1-7(11)5(9)2-6(4)10/h1-2H,3H2. The van der Waals surface area contributed by atoms with Crippen LogP contribution < -0.4 is 0 Å². The molecule has 0 spiro atoms. The summed E-state index contributed by atoms with van der Waals surface area (Å²) in [5.74, 6) is -0.338. The van der Waals surface area contributed by atoms with Gasteiger partial charge in [0.05, 0.1) is 12.3 Å². The van der Waals surface area contributed by atoms with Crippen molar-refractivity contribution in [3.05, 3.63) is 33.0 Å². The second-order valence-electron chi connectivity index (χ2n) is 2.06. The molecule has 0 amide bonds. The van der Waals surface area contributed by atoms with Gasteiger partial charge in [0.15, 0.2) is 0 Å². The lowest BCUT2D eigenvalue weighted by molar-refractivity contribution is 0.620. The maximum absolute atomic E-state index is 12.8. The van der Waals surface area contributed by atoms with Crippen LogP contribution in [0.1, 0.15) is 5.56 Å². The van der Waals surface area contributed by atoms with Crippen molar-refractivity contribution in [3.8, 4) is 0 Å². The van der Waals surface area contributed by atoms with Crippen molar-refractivity contribution in [2.45, 2.75) is 6.32 Å². The predicted molar refractivity (Wildman–Crippen MR) is 48.6 cm³/mol. The molecule has 4 heteroatoms. The maximum Gasteiger partial charge on any atom is 0.137 e. The number of hydrogen-bond acceptors (Lipinski definition) is 0. The molecular formula is C7H4BBrClF. The predicted octanol–water partition coefficient (Wildman–Crippen LogP) is 2.91. The van der Waals surface area contributed by atoms with Crippen LogP contribution in [-0.2, 0) is 6.32 Å². The summed E-state index contributed by atoms with van der Waals surface area (Å²) < 4.78 is 13.1. The zero-order chi connectivity index (χ0) is 8.43. The van der Waals surface area contributed by atoms with Crippen LogP contribution in [0.15, 0.2) is 16.6 Å². The molecule has 0 aliphatic heterocycles. The van der Waals surface area contributed by atoms with Gasteiger partial charge in [-0.25, -0.2) is 4.39 Å². The summed E-state index contributed by atoms with van der Waals surface area (Å²) >= 11 is 8.73. The van der Waals surface area contributed by atoms with E-state index in [4.69, 9.17) is 19.4 Å². The SMILES string of the molecule is [B]Cc1cc(F)c(Br)cc1Cl. The topological polar surface area (TPSA) is 0 Å². The fraction of sp³-hybridized carbons (Fsp3) is 0.143. The third-order valence-electron chi connectivity index (χ3n) is 1.31. The summed E-state index contributed by atoms with van der Waals surface area (Å²) in [7, 11) is 5.30. The van der Waals surface area contributed by atoms with Gasteiger partial charge >= 0.3 is 0 Å². The average Bonchev–Trinajstić information content (AvgIpc) is 1.97. The Labute approximate surface area is 79.3 Å². The number of hydrogen-bond donors (Lipinski definition) is 0. The van der Waals surface area contributed by atoms with Crippen LogP contribution in [0, 0.1) is 5.82 Å². The van der Waals surface area contributed by atoms with Crippen molar-refractivity contribution in [2.75, 3.05) is 0 Å². The highest BCUT2D eigenvalue weighted by atomic mass is 79.9. The van der Waals surface area contributed by atoms with Crippen LogP contribution in [0.5, 0.6) is 0 Å². The van der Waals surface area contributed by atoms with Gasteiger partial charge < -0.3 is 0 Å². The van der Waals surface area contributed by atoms with Crippen LogP contribution in [0.2, 0.25) is 5.02 Å². The zero-order valence-electron chi connectivity index (χ0n) is 5.57. The van der Waals surface area contributed by atoms with E-state index in [2.05, 4.69) is 15.9 Å². The van der Waals surface area contributed by atoms with Gasteiger partial charge in [-0.2, -0.15) is 0 Å². The Balaban J connectivity index is 3.21. The number of halogens is 3. The van der Waals surface area contributed by atoms with Crippen LogP contribution in [0.25, 0.3) is 0 Å². The van der Waals surface area contributed by atoms with Crippen molar-refractivity contribution >= 4 is 35.4 Å². The van der Waals surface area contributed by atoms with Gasteiger partial charge in [-0.3, -0.25) is 0 Å². The number of rotatable bonds is 1. The molecule has 1 aromatic carbocycles. The first-order chi connectivity index (χ1) is 5.15. The van der Waals surface area contributed by atoms with E-state index < -0.39 is 0 Å². The van der Waals surface area contributed by atoms with Crippen LogP contribution in [0.4, 0.5) is 4.39 Å². The molecular weight excluding hydrogens is 229 g/mol. The Morgan fingerprint density at radius 2 is 2.18 bits per heavy atom. The molecule has 1 rings (SSSR count). The largest absolute Gasteiger partial charge is 0.206 e. The number of benzene rings is 1. The lowest BCUT2D eigenvalue weighted by Crippen LogP contribution is -1.88. The fourth-order valence-corrected chi connectivity index (χ4v) is 1.44. The quantitative estimate of drug-likeness (QED) is 0.517. The van der Waals surface area contributed by atoms with E-state index in [0.717, 1.165) is 0 Å². The molecule has 56 valence electrons. The minimum Gasteiger partial charge on any atom is -0.206 e. The van der Waals surface area contributed by atoms with E-state index in [1.807, 2.05) is 0 Å². The summed E-state index contributed by atoms with van der Waals surface area (Å²) in [6, 6.07) is 2.82. The molecule has 0 nitrogen and oxygen atoms in total. The van der Waals surface area contributed by atoms with Crippen LogP contribution >= 0.6 is 27.5 Å². The molecule has 0 N–H and O–H groups in total.